The van der Waals surface area contributed by atoms with E-state index in [-0.39, 0.29) is 11.2 Å². The number of aldehydes is 1. The normalized spacial score (nSPS) is 17.5. The van der Waals surface area contributed by atoms with Gasteiger partial charge in [0, 0.05) is 0 Å². The molecule has 0 aromatic heterocycles. The van der Waals surface area contributed by atoms with E-state index in [0.29, 0.717) is 0 Å². The second-order valence-corrected chi connectivity index (χ2v) is 6.34. The summed E-state index contributed by atoms with van der Waals surface area (Å²) in [5, 5.41) is 37.4. The van der Waals surface area contributed by atoms with Crippen LogP contribution >= 0.6 is 0 Å². The third-order valence-corrected chi connectivity index (χ3v) is 4.23. The van der Waals surface area contributed by atoms with E-state index in [1.807, 2.05) is 0 Å². The smallest absolute Gasteiger partial charge is 0.297 e. The predicted octanol–water partition coefficient (Wildman–Crippen LogP) is -1.66. The molecular formula is C13H18O8S. The monoisotopic (exact) mass is 334 g/mol. The van der Waals surface area contributed by atoms with Gasteiger partial charge in [0.15, 0.2) is 6.29 Å². The Morgan fingerprint density at radius 1 is 1.09 bits per heavy atom. The first-order valence-corrected chi connectivity index (χ1v) is 7.73. The van der Waals surface area contributed by atoms with Crippen molar-refractivity contribution in [3.63, 3.8) is 0 Å². The zero-order valence-corrected chi connectivity index (χ0v) is 12.5. The zero-order valence-electron chi connectivity index (χ0n) is 11.7. The number of rotatable bonds is 8. The second-order valence-electron chi connectivity index (χ2n) is 4.73. The van der Waals surface area contributed by atoms with Gasteiger partial charge < -0.3 is 25.2 Å². The lowest BCUT2D eigenvalue weighted by Gasteiger charge is -2.23. The molecule has 0 spiro atoms. The van der Waals surface area contributed by atoms with Crippen LogP contribution in [0.2, 0.25) is 0 Å². The molecule has 0 heterocycles. The molecule has 0 unspecified atom stereocenters. The molecule has 4 N–H and O–H groups in total. The van der Waals surface area contributed by atoms with Crippen molar-refractivity contribution in [2.24, 2.45) is 0 Å². The average molecular weight is 334 g/mol. The Hall–Kier alpha value is -1.36. The Morgan fingerprint density at radius 2 is 1.64 bits per heavy atom. The summed E-state index contributed by atoms with van der Waals surface area (Å²) < 4.78 is 28.3. The van der Waals surface area contributed by atoms with Gasteiger partial charge >= 0.3 is 0 Å². The van der Waals surface area contributed by atoms with Gasteiger partial charge in [-0.1, -0.05) is 17.7 Å². The number of carbonyl (C=O) groups excluding carboxylic acids is 1. The summed E-state index contributed by atoms with van der Waals surface area (Å²) in [5.74, 6) is 0. The SMILES string of the molecule is Cc1ccc(S(=O)(=O)OC[C@@H](O)[C@@H](O)[C@H](O)[C@H](O)C=O)cc1. The highest BCUT2D eigenvalue weighted by Gasteiger charge is 2.31. The van der Waals surface area contributed by atoms with Crippen molar-refractivity contribution in [2.45, 2.75) is 36.2 Å². The molecule has 0 bridgehead atoms. The van der Waals surface area contributed by atoms with Gasteiger partial charge in [-0.3, -0.25) is 4.18 Å². The largest absolute Gasteiger partial charge is 0.388 e. The Balaban J connectivity index is 2.68. The van der Waals surface area contributed by atoms with Crippen LogP contribution in [-0.2, 0) is 19.1 Å². The standard InChI is InChI=1S/C13H18O8S/c1-8-2-4-9(5-3-8)22(19,20)21-7-11(16)13(18)12(17)10(15)6-14/h2-6,10-13,15-18H,7H2,1H3/t10-,11-,12-,13-/m1/s1. The van der Waals surface area contributed by atoms with Gasteiger partial charge in [0.25, 0.3) is 10.1 Å². The van der Waals surface area contributed by atoms with E-state index in [2.05, 4.69) is 4.18 Å². The van der Waals surface area contributed by atoms with E-state index in [0.717, 1.165) is 5.56 Å². The van der Waals surface area contributed by atoms with Crippen LogP contribution in [-0.4, -0.2) is 66.2 Å². The fourth-order valence-corrected chi connectivity index (χ4v) is 2.47. The van der Waals surface area contributed by atoms with E-state index >= 15 is 0 Å². The molecule has 0 aliphatic carbocycles. The van der Waals surface area contributed by atoms with Crippen molar-refractivity contribution in [3.8, 4) is 0 Å². The summed E-state index contributed by atoms with van der Waals surface area (Å²) in [6, 6.07) is 5.76. The maximum atomic E-state index is 11.8. The van der Waals surface area contributed by atoms with Crippen molar-refractivity contribution in [2.75, 3.05) is 6.61 Å². The van der Waals surface area contributed by atoms with Gasteiger partial charge in [-0.25, -0.2) is 0 Å². The van der Waals surface area contributed by atoms with Crippen LogP contribution in [0.4, 0.5) is 0 Å². The maximum absolute atomic E-state index is 11.8. The third-order valence-electron chi connectivity index (χ3n) is 2.94. The highest BCUT2D eigenvalue weighted by molar-refractivity contribution is 7.86. The fourth-order valence-electron chi connectivity index (χ4n) is 1.54. The number of benzene rings is 1. The van der Waals surface area contributed by atoms with E-state index in [1.54, 1.807) is 19.1 Å². The Labute approximate surface area is 127 Å². The third kappa shape index (κ3) is 4.83. The number of aryl methyl sites for hydroxylation is 1. The molecule has 0 fully saturated rings. The highest BCUT2D eigenvalue weighted by Crippen LogP contribution is 2.14. The molecule has 0 saturated carbocycles. The van der Waals surface area contributed by atoms with E-state index in [4.69, 9.17) is 5.11 Å². The van der Waals surface area contributed by atoms with Gasteiger partial charge in [-0.2, -0.15) is 8.42 Å². The topological polar surface area (TPSA) is 141 Å². The molecule has 0 aliphatic rings. The lowest BCUT2D eigenvalue weighted by atomic mass is 10.0. The van der Waals surface area contributed by atoms with Crippen molar-refractivity contribution >= 4 is 16.4 Å². The van der Waals surface area contributed by atoms with E-state index < -0.39 is 41.1 Å². The van der Waals surface area contributed by atoms with Crippen molar-refractivity contribution in [1.82, 2.24) is 0 Å². The molecule has 1 aromatic rings. The summed E-state index contributed by atoms with van der Waals surface area (Å²) in [6.07, 6.45) is -7.65. The quantitative estimate of drug-likeness (QED) is 0.327. The van der Waals surface area contributed by atoms with E-state index in [1.165, 1.54) is 12.1 Å². The van der Waals surface area contributed by atoms with Crippen LogP contribution < -0.4 is 0 Å². The van der Waals surface area contributed by atoms with Crippen LogP contribution in [0.1, 0.15) is 5.56 Å². The minimum atomic E-state index is -4.14. The lowest BCUT2D eigenvalue weighted by Crippen LogP contribution is -2.46. The minimum absolute atomic E-state index is 0.0233. The van der Waals surface area contributed by atoms with Crippen LogP contribution in [0, 0.1) is 6.92 Å². The molecule has 0 radical (unpaired) electrons. The van der Waals surface area contributed by atoms with Gasteiger partial charge in [-0.05, 0) is 19.1 Å². The summed E-state index contributed by atoms with van der Waals surface area (Å²) in [4.78, 5) is 10.1. The van der Waals surface area contributed by atoms with Gasteiger partial charge in [0.2, 0.25) is 0 Å². The number of aliphatic hydroxyl groups excluding tert-OH is 4. The molecule has 8 nitrogen and oxygen atoms in total. The number of aliphatic hydroxyl groups is 4. The molecule has 1 rings (SSSR count). The molecule has 0 saturated heterocycles. The van der Waals surface area contributed by atoms with Crippen molar-refractivity contribution < 1.29 is 37.8 Å². The Bertz CT molecular complexity index is 583. The number of hydrogen-bond donors (Lipinski definition) is 4. The number of carbonyl (C=O) groups is 1. The first-order valence-electron chi connectivity index (χ1n) is 6.32. The second kappa shape index (κ2) is 7.77. The van der Waals surface area contributed by atoms with E-state index in [9.17, 15) is 28.5 Å². The average Bonchev–Trinajstić information content (AvgIpc) is 2.50. The molecule has 9 heteroatoms. The molecule has 0 aliphatic heterocycles. The van der Waals surface area contributed by atoms with Gasteiger partial charge in [0.1, 0.15) is 24.4 Å². The van der Waals surface area contributed by atoms with Crippen LogP contribution in [0.25, 0.3) is 0 Å². The minimum Gasteiger partial charge on any atom is -0.388 e. The van der Waals surface area contributed by atoms with Crippen molar-refractivity contribution in [3.05, 3.63) is 29.8 Å². The predicted molar refractivity (Wildman–Crippen MR) is 74.4 cm³/mol. The van der Waals surface area contributed by atoms with Crippen LogP contribution in [0.5, 0.6) is 0 Å². The summed E-state index contributed by atoms with van der Waals surface area (Å²) in [6.45, 7) is 0.928. The lowest BCUT2D eigenvalue weighted by molar-refractivity contribution is -0.135. The molecule has 1 aromatic carbocycles. The molecule has 4 atom stereocenters. The van der Waals surface area contributed by atoms with Gasteiger partial charge in [-0.15, -0.1) is 0 Å². The number of hydrogen-bond acceptors (Lipinski definition) is 8. The first kappa shape index (κ1) is 18.7. The fraction of sp³-hybridized carbons (Fsp3) is 0.462. The highest BCUT2D eigenvalue weighted by atomic mass is 32.2. The van der Waals surface area contributed by atoms with Gasteiger partial charge in [0.05, 0.1) is 11.5 Å². The maximum Gasteiger partial charge on any atom is 0.297 e. The molecule has 124 valence electrons. The Kier molecular flexibility index (Phi) is 6.60. The summed E-state index contributed by atoms with van der Waals surface area (Å²) in [7, 11) is -4.14. The van der Waals surface area contributed by atoms with Crippen LogP contribution in [0.15, 0.2) is 29.2 Å². The summed E-state index contributed by atoms with van der Waals surface area (Å²) in [5.41, 5.74) is 0.848. The first-order chi connectivity index (χ1) is 10.2. The van der Waals surface area contributed by atoms with Crippen molar-refractivity contribution in [1.29, 1.82) is 0 Å². The zero-order chi connectivity index (χ0) is 16.9. The summed E-state index contributed by atoms with van der Waals surface area (Å²) >= 11 is 0. The van der Waals surface area contributed by atoms with Crippen LogP contribution in [0.3, 0.4) is 0 Å². The molecule has 22 heavy (non-hydrogen) atoms. The molecular weight excluding hydrogens is 316 g/mol. The Morgan fingerprint density at radius 3 is 2.14 bits per heavy atom. The molecule has 0 amide bonds.